The van der Waals surface area contributed by atoms with Crippen LogP contribution < -0.4 is 0 Å². The van der Waals surface area contributed by atoms with E-state index < -0.39 is 0 Å². The van der Waals surface area contributed by atoms with Crippen LogP contribution >= 0.6 is 0 Å². The van der Waals surface area contributed by atoms with Gasteiger partial charge in [-0.1, -0.05) is 13.8 Å². The average molecular weight is 335 g/mol. The number of rotatable bonds is 2. The minimum atomic E-state index is -0.279. The minimum absolute atomic E-state index is 0.0773. The highest BCUT2D eigenvalue weighted by molar-refractivity contribution is 5.83. The molecule has 3 nitrogen and oxygen atoms in total. The summed E-state index contributed by atoms with van der Waals surface area (Å²) >= 11 is 0. The van der Waals surface area contributed by atoms with Gasteiger partial charge < -0.3 is 10.2 Å². The van der Waals surface area contributed by atoms with Gasteiger partial charge in [0.15, 0.2) is 5.78 Å². The summed E-state index contributed by atoms with van der Waals surface area (Å²) in [6, 6.07) is 0. The highest BCUT2D eigenvalue weighted by atomic mass is 16.3. The van der Waals surface area contributed by atoms with Gasteiger partial charge >= 0.3 is 0 Å². The molecule has 0 aliphatic heterocycles. The van der Waals surface area contributed by atoms with Crippen LogP contribution in [0.1, 0.15) is 71.6 Å². The van der Waals surface area contributed by atoms with Crippen LogP contribution in [0, 0.1) is 40.4 Å². The quantitative estimate of drug-likeness (QED) is 0.812. The number of Topliss-reactive ketones (excluding diaryl/α,β-unsaturated/α-hetero) is 1. The van der Waals surface area contributed by atoms with Gasteiger partial charge in [-0.05, 0) is 92.3 Å². The van der Waals surface area contributed by atoms with Gasteiger partial charge in [0.25, 0.3) is 0 Å². The molecule has 8 atom stereocenters. The third-order valence-corrected chi connectivity index (χ3v) is 9.18. The molecule has 0 spiro atoms. The molecule has 0 heterocycles. The Morgan fingerprint density at radius 2 is 1.67 bits per heavy atom. The molecule has 3 heteroatoms. The molecule has 136 valence electrons. The van der Waals surface area contributed by atoms with Crippen molar-refractivity contribution in [1.29, 1.82) is 0 Å². The second-order valence-electron chi connectivity index (χ2n) is 9.88. The maximum atomic E-state index is 12.3. The molecular formula is C21H34O3. The molecule has 0 aromatic rings. The predicted molar refractivity (Wildman–Crippen MR) is 93.3 cm³/mol. The van der Waals surface area contributed by atoms with Crippen LogP contribution in [-0.4, -0.2) is 28.7 Å². The number of aliphatic hydroxyl groups excluding tert-OH is 2. The maximum Gasteiger partial charge on any atom is 0.161 e. The summed E-state index contributed by atoms with van der Waals surface area (Å²) in [6.45, 7) is 4.57. The Kier molecular flexibility index (Phi) is 4.12. The fourth-order valence-electron chi connectivity index (χ4n) is 7.87. The fraction of sp³-hybridized carbons (Fsp3) is 0.952. The molecule has 0 aromatic heterocycles. The van der Waals surface area contributed by atoms with Gasteiger partial charge in [-0.15, -0.1) is 0 Å². The predicted octanol–water partition coefficient (Wildman–Crippen LogP) is 3.57. The van der Waals surface area contributed by atoms with E-state index in [0.29, 0.717) is 17.3 Å². The first kappa shape index (κ1) is 17.0. The second-order valence-corrected chi connectivity index (χ2v) is 9.88. The Morgan fingerprint density at radius 3 is 2.42 bits per heavy atom. The molecule has 0 radical (unpaired) electrons. The second kappa shape index (κ2) is 5.81. The van der Waals surface area contributed by atoms with Crippen molar-refractivity contribution < 1.29 is 15.0 Å². The largest absolute Gasteiger partial charge is 0.393 e. The van der Waals surface area contributed by atoms with Gasteiger partial charge in [0.05, 0.1) is 6.10 Å². The molecule has 4 aliphatic carbocycles. The molecule has 4 rings (SSSR count). The normalized spacial score (nSPS) is 53.8. The van der Waals surface area contributed by atoms with Crippen LogP contribution in [0.15, 0.2) is 0 Å². The number of hydrogen-bond donors (Lipinski definition) is 2. The lowest BCUT2D eigenvalue weighted by Gasteiger charge is -2.60. The molecule has 4 fully saturated rings. The number of carbonyl (C=O) groups is 1. The van der Waals surface area contributed by atoms with Gasteiger partial charge in [0.1, 0.15) is 6.61 Å². The third kappa shape index (κ3) is 2.26. The number of ketones is 1. The van der Waals surface area contributed by atoms with E-state index in [4.69, 9.17) is 0 Å². The Morgan fingerprint density at radius 1 is 0.958 bits per heavy atom. The number of hydrogen-bond acceptors (Lipinski definition) is 3. The molecule has 0 unspecified atom stereocenters. The van der Waals surface area contributed by atoms with E-state index in [1.165, 1.54) is 32.1 Å². The summed E-state index contributed by atoms with van der Waals surface area (Å²) in [5.41, 5.74) is 0.529. The third-order valence-electron chi connectivity index (χ3n) is 9.18. The van der Waals surface area contributed by atoms with E-state index >= 15 is 0 Å². The monoisotopic (exact) mass is 334 g/mol. The summed E-state index contributed by atoms with van der Waals surface area (Å²) in [5, 5.41) is 19.5. The van der Waals surface area contributed by atoms with Gasteiger partial charge in [0.2, 0.25) is 0 Å². The minimum Gasteiger partial charge on any atom is -0.393 e. The van der Waals surface area contributed by atoms with Crippen LogP contribution in [0.5, 0.6) is 0 Å². The van der Waals surface area contributed by atoms with Crippen LogP contribution in [0.2, 0.25) is 0 Å². The first-order valence-corrected chi connectivity index (χ1v) is 10.2. The Labute approximate surface area is 146 Å². The van der Waals surface area contributed by atoms with Crippen molar-refractivity contribution in [1.82, 2.24) is 0 Å². The molecule has 0 bridgehead atoms. The van der Waals surface area contributed by atoms with Gasteiger partial charge in [-0.3, -0.25) is 4.79 Å². The van der Waals surface area contributed by atoms with E-state index in [1.54, 1.807) is 0 Å². The van der Waals surface area contributed by atoms with Crippen molar-refractivity contribution in [3.8, 4) is 0 Å². The fourth-order valence-corrected chi connectivity index (χ4v) is 7.87. The molecule has 4 aliphatic rings. The molecule has 0 aromatic carbocycles. The number of fused-ring (bicyclic) bond motifs is 5. The van der Waals surface area contributed by atoms with Crippen molar-refractivity contribution >= 4 is 5.78 Å². The summed E-state index contributed by atoms with van der Waals surface area (Å²) in [5.74, 6) is 3.08. The van der Waals surface area contributed by atoms with Crippen molar-refractivity contribution in [2.24, 2.45) is 40.4 Å². The Balaban J connectivity index is 1.60. The van der Waals surface area contributed by atoms with Crippen molar-refractivity contribution in [3.63, 3.8) is 0 Å². The molecule has 4 saturated carbocycles. The smallest absolute Gasteiger partial charge is 0.161 e. The van der Waals surface area contributed by atoms with Crippen LogP contribution in [0.3, 0.4) is 0 Å². The van der Waals surface area contributed by atoms with Crippen LogP contribution in [0.25, 0.3) is 0 Å². The SMILES string of the molecule is C[C@]12CC[C@@H](O)C[C@@H]1CC[C@@H]1[C@H]2CC[C@]2(C)[C@@H](C(=O)CO)CC[C@H]12. The van der Waals surface area contributed by atoms with E-state index in [-0.39, 0.29) is 29.8 Å². The zero-order valence-corrected chi connectivity index (χ0v) is 15.3. The zero-order chi connectivity index (χ0) is 17.1. The number of aliphatic hydroxyl groups is 2. The van der Waals surface area contributed by atoms with Crippen molar-refractivity contribution in [3.05, 3.63) is 0 Å². The summed E-state index contributed by atoms with van der Waals surface area (Å²) in [4.78, 5) is 12.3. The maximum absolute atomic E-state index is 12.3. The van der Waals surface area contributed by atoms with E-state index in [1.807, 2.05) is 0 Å². The number of carbonyl (C=O) groups excluding carboxylic acids is 1. The Hall–Kier alpha value is -0.410. The lowest BCUT2D eigenvalue weighted by molar-refractivity contribution is -0.141. The lowest BCUT2D eigenvalue weighted by Crippen LogP contribution is -2.54. The van der Waals surface area contributed by atoms with E-state index in [2.05, 4.69) is 13.8 Å². The topological polar surface area (TPSA) is 57.5 Å². The highest BCUT2D eigenvalue weighted by Gasteiger charge is 2.60. The van der Waals surface area contributed by atoms with E-state index in [9.17, 15) is 15.0 Å². The standard InChI is InChI=1S/C21H34O3/c1-20-9-7-14(23)11-13(20)3-4-15-16-5-6-18(19(24)12-22)21(16,2)10-8-17(15)20/h13-18,22-23H,3-12H2,1-2H3/t13-,14+,15-,16+,17+,18+,20-,21-/m0/s1. The van der Waals surface area contributed by atoms with Gasteiger partial charge in [0, 0.05) is 5.92 Å². The summed E-state index contributed by atoms with van der Waals surface area (Å²) < 4.78 is 0. The summed E-state index contributed by atoms with van der Waals surface area (Å²) in [6.07, 6.45) is 10.2. The van der Waals surface area contributed by atoms with Gasteiger partial charge in [-0.2, -0.15) is 0 Å². The van der Waals surface area contributed by atoms with Crippen LogP contribution in [0.4, 0.5) is 0 Å². The highest BCUT2D eigenvalue weighted by Crippen LogP contribution is 2.67. The Bertz CT molecular complexity index is 517. The summed E-state index contributed by atoms with van der Waals surface area (Å²) in [7, 11) is 0. The van der Waals surface area contributed by atoms with Crippen molar-refractivity contribution in [2.45, 2.75) is 77.7 Å². The van der Waals surface area contributed by atoms with Crippen molar-refractivity contribution in [2.75, 3.05) is 6.61 Å². The first-order valence-electron chi connectivity index (χ1n) is 10.2. The van der Waals surface area contributed by atoms with Gasteiger partial charge in [-0.25, -0.2) is 0 Å². The molecule has 0 amide bonds. The van der Waals surface area contributed by atoms with E-state index in [0.717, 1.165) is 37.5 Å². The molecule has 2 N–H and O–H groups in total. The lowest BCUT2D eigenvalue weighted by atomic mass is 9.44. The zero-order valence-electron chi connectivity index (χ0n) is 15.3. The molecule has 0 saturated heterocycles. The van der Waals surface area contributed by atoms with Crippen LogP contribution in [-0.2, 0) is 4.79 Å². The first-order chi connectivity index (χ1) is 11.4. The molecular weight excluding hydrogens is 300 g/mol. The molecule has 24 heavy (non-hydrogen) atoms. The average Bonchev–Trinajstić information content (AvgIpc) is 2.92.